The molecule has 0 bridgehead atoms. The molecule has 1 aromatic carbocycles. The molecule has 2 aliphatic rings. The van der Waals surface area contributed by atoms with Crippen molar-refractivity contribution in [3.8, 4) is 0 Å². The number of hydrogen-bond donors (Lipinski definition) is 0. The van der Waals surface area contributed by atoms with E-state index in [1.54, 1.807) is 17.0 Å². The van der Waals surface area contributed by atoms with Crippen molar-refractivity contribution in [2.45, 2.75) is 71.4 Å². The van der Waals surface area contributed by atoms with Crippen LogP contribution >= 0.6 is 0 Å². The smallest absolute Gasteiger partial charge is 0.257 e. The number of nitrogens with zero attached hydrogens (tertiary/aromatic N) is 2. The van der Waals surface area contributed by atoms with Crippen molar-refractivity contribution in [1.82, 2.24) is 4.90 Å². The summed E-state index contributed by atoms with van der Waals surface area (Å²) in [6.45, 7) is 6.07. The van der Waals surface area contributed by atoms with Gasteiger partial charge in [0.15, 0.2) is 0 Å². The van der Waals surface area contributed by atoms with E-state index in [0.29, 0.717) is 12.1 Å². The van der Waals surface area contributed by atoms with Gasteiger partial charge in [0.05, 0.1) is 12.1 Å². The molecule has 0 radical (unpaired) electrons. The number of rotatable bonds is 4. The Morgan fingerprint density at radius 3 is 2.31 bits per heavy atom. The maximum absolute atomic E-state index is 13.1. The molecule has 0 aromatic heterocycles. The van der Waals surface area contributed by atoms with Crippen molar-refractivity contribution in [3.63, 3.8) is 0 Å². The van der Waals surface area contributed by atoms with Crippen molar-refractivity contribution >= 4 is 23.4 Å². The van der Waals surface area contributed by atoms with Gasteiger partial charge in [-0.3, -0.25) is 14.4 Å². The molecule has 1 aliphatic carbocycles. The second-order valence-electron chi connectivity index (χ2n) is 8.60. The van der Waals surface area contributed by atoms with Crippen molar-refractivity contribution < 1.29 is 14.4 Å². The van der Waals surface area contributed by atoms with E-state index in [9.17, 15) is 14.4 Å². The Labute approximate surface area is 155 Å². The van der Waals surface area contributed by atoms with E-state index in [2.05, 4.69) is 0 Å². The zero-order valence-corrected chi connectivity index (χ0v) is 15.9. The van der Waals surface area contributed by atoms with Crippen molar-refractivity contribution in [2.75, 3.05) is 4.90 Å². The average molecular weight is 356 g/mol. The zero-order valence-electron chi connectivity index (χ0n) is 15.9. The Morgan fingerprint density at radius 1 is 1.12 bits per heavy atom. The number of para-hydroxylation sites is 1. The van der Waals surface area contributed by atoms with Crippen LogP contribution in [0.25, 0.3) is 0 Å². The van der Waals surface area contributed by atoms with Crippen molar-refractivity contribution in [3.05, 3.63) is 30.3 Å². The van der Waals surface area contributed by atoms with Crippen molar-refractivity contribution in [2.24, 2.45) is 5.41 Å². The first-order chi connectivity index (χ1) is 12.3. The van der Waals surface area contributed by atoms with Gasteiger partial charge in [0.25, 0.3) is 5.91 Å². The first kappa shape index (κ1) is 18.6. The van der Waals surface area contributed by atoms with Gasteiger partial charge < -0.3 is 4.90 Å². The van der Waals surface area contributed by atoms with Crippen LogP contribution in [-0.2, 0) is 14.4 Å². The fourth-order valence-corrected chi connectivity index (χ4v) is 4.04. The number of benzene rings is 1. The third kappa shape index (κ3) is 3.81. The summed E-state index contributed by atoms with van der Waals surface area (Å²) in [7, 11) is 0. The Morgan fingerprint density at radius 2 is 1.73 bits per heavy atom. The Hall–Kier alpha value is -2.17. The summed E-state index contributed by atoms with van der Waals surface area (Å²) in [5, 5.41) is 0. The predicted octanol–water partition coefficient (Wildman–Crippen LogP) is 3.53. The molecule has 5 nitrogen and oxygen atoms in total. The molecular weight excluding hydrogens is 328 g/mol. The van der Waals surface area contributed by atoms with Crippen LogP contribution < -0.4 is 4.90 Å². The molecular formula is C21H28N2O3. The van der Waals surface area contributed by atoms with E-state index in [4.69, 9.17) is 0 Å². The van der Waals surface area contributed by atoms with Gasteiger partial charge in [0.2, 0.25) is 11.8 Å². The lowest BCUT2D eigenvalue weighted by molar-refractivity contribution is -0.142. The molecule has 26 heavy (non-hydrogen) atoms. The summed E-state index contributed by atoms with van der Waals surface area (Å²) in [5.74, 6) is -0.501. The first-order valence-corrected chi connectivity index (χ1v) is 9.51. The minimum atomic E-state index is -0.666. The van der Waals surface area contributed by atoms with Gasteiger partial charge in [-0.1, -0.05) is 51.8 Å². The molecule has 140 valence electrons. The van der Waals surface area contributed by atoms with Gasteiger partial charge in [-0.25, -0.2) is 4.90 Å². The van der Waals surface area contributed by atoms with Crippen molar-refractivity contribution in [1.29, 1.82) is 0 Å². The lowest BCUT2D eigenvalue weighted by Gasteiger charge is -2.35. The van der Waals surface area contributed by atoms with E-state index in [1.165, 1.54) is 4.90 Å². The van der Waals surface area contributed by atoms with Crippen LogP contribution in [0, 0.1) is 5.41 Å². The summed E-state index contributed by atoms with van der Waals surface area (Å²) >= 11 is 0. The zero-order chi connectivity index (χ0) is 18.9. The van der Waals surface area contributed by atoms with Gasteiger partial charge >= 0.3 is 0 Å². The Kier molecular flexibility index (Phi) is 5.17. The largest absolute Gasteiger partial charge is 0.327 e. The number of carbonyl (C=O) groups excluding carboxylic acids is 3. The molecule has 1 saturated heterocycles. The van der Waals surface area contributed by atoms with Gasteiger partial charge in [-0.05, 0) is 30.4 Å². The van der Waals surface area contributed by atoms with E-state index in [1.807, 2.05) is 39.0 Å². The summed E-state index contributed by atoms with van der Waals surface area (Å²) in [6.07, 6.45) is 4.44. The lowest BCUT2D eigenvalue weighted by atomic mass is 9.90. The molecule has 0 spiro atoms. The predicted molar refractivity (Wildman–Crippen MR) is 101 cm³/mol. The topological polar surface area (TPSA) is 57.7 Å². The van der Waals surface area contributed by atoms with Crippen LogP contribution in [0.1, 0.15) is 59.3 Å². The molecule has 5 heteroatoms. The molecule has 1 heterocycles. The fourth-order valence-electron chi connectivity index (χ4n) is 4.04. The maximum Gasteiger partial charge on any atom is 0.257 e. The van der Waals surface area contributed by atoms with Gasteiger partial charge in [0, 0.05) is 12.5 Å². The van der Waals surface area contributed by atoms with E-state index < -0.39 is 6.04 Å². The fraction of sp³-hybridized carbons (Fsp3) is 0.571. The molecule has 1 unspecified atom stereocenters. The molecule has 3 rings (SSSR count). The van der Waals surface area contributed by atoms with Gasteiger partial charge in [-0.2, -0.15) is 0 Å². The van der Waals surface area contributed by atoms with E-state index in [-0.39, 0.29) is 35.6 Å². The third-order valence-corrected chi connectivity index (χ3v) is 5.16. The monoisotopic (exact) mass is 356 g/mol. The normalized spacial score (nSPS) is 21.5. The van der Waals surface area contributed by atoms with E-state index in [0.717, 1.165) is 25.7 Å². The quantitative estimate of drug-likeness (QED) is 0.776. The standard InChI is InChI=1S/C21H28N2O3/c1-21(2,3)14-19(25)22(15-11-7-8-12-15)17-13-18(24)23(20(17)26)16-9-5-4-6-10-16/h4-6,9-10,15,17H,7-8,11-14H2,1-3H3. The maximum atomic E-state index is 13.1. The summed E-state index contributed by atoms with van der Waals surface area (Å²) in [5.41, 5.74) is 0.429. The SMILES string of the molecule is CC(C)(C)CC(=O)N(C1CCCC1)C1CC(=O)N(c2ccccc2)C1=O. The van der Waals surface area contributed by atoms with Crippen LogP contribution in [-0.4, -0.2) is 34.7 Å². The molecule has 1 aromatic rings. The number of imide groups is 1. The van der Waals surface area contributed by atoms with Gasteiger partial charge in [-0.15, -0.1) is 0 Å². The van der Waals surface area contributed by atoms with Crippen LogP contribution in [0.4, 0.5) is 5.69 Å². The highest BCUT2D eigenvalue weighted by Crippen LogP contribution is 2.33. The number of amides is 3. The van der Waals surface area contributed by atoms with Crippen LogP contribution in [0.2, 0.25) is 0 Å². The Balaban J connectivity index is 1.88. The molecule has 1 saturated carbocycles. The minimum absolute atomic E-state index is 0.00883. The first-order valence-electron chi connectivity index (χ1n) is 9.51. The summed E-state index contributed by atoms with van der Waals surface area (Å²) in [4.78, 5) is 41.8. The number of hydrogen-bond acceptors (Lipinski definition) is 3. The second kappa shape index (κ2) is 7.22. The average Bonchev–Trinajstić information content (AvgIpc) is 3.16. The highest BCUT2D eigenvalue weighted by atomic mass is 16.2. The number of anilines is 1. The third-order valence-electron chi connectivity index (χ3n) is 5.16. The summed E-state index contributed by atoms with van der Waals surface area (Å²) < 4.78 is 0. The Bertz CT molecular complexity index is 687. The molecule has 0 N–H and O–H groups in total. The van der Waals surface area contributed by atoms with Crippen LogP contribution in [0.5, 0.6) is 0 Å². The van der Waals surface area contributed by atoms with Gasteiger partial charge in [0.1, 0.15) is 6.04 Å². The van der Waals surface area contributed by atoms with E-state index >= 15 is 0 Å². The molecule has 1 aliphatic heterocycles. The molecule has 3 amide bonds. The second-order valence-corrected chi connectivity index (χ2v) is 8.60. The van der Waals surface area contributed by atoms with Crippen LogP contribution in [0.3, 0.4) is 0 Å². The molecule has 2 fully saturated rings. The lowest BCUT2D eigenvalue weighted by Crippen LogP contribution is -2.50. The number of carbonyl (C=O) groups is 3. The molecule has 1 atom stereocenters. The highest BCUT2D eigenvalue weighted by Gasteiger charge is 2.47. The minimum Gasteiger partial charge on any atom is -0.327 e. The van der Waals surface area contributed by atoms with Crippen LogP contribution in [0.15, 0.2) is 30.3 Å². The summed E-state index contributed by atoms with van der Waals surface area (Å²) in [6, 6.07) is 8.39. The highest BCUT2D eigenvalue weighted by molar-refractivity contribution is 6.23.